The number of aryl methyl sites for hydroxylation is 2. The number of benzene rings is 1. The number of amides is 1. The van der Waals surface area contributed by atoms with Gasteiger partial charge in [-0.05, 0) is 32.3 Å². The quantitative estimate of drug-likeness (QED) is 0.906. The van der Waals surface area contributed by atoms with Gasteiger partial charge in [-0.15, -0.1) is 0 Å². The molecule has 110 valence electrons. The van der Waals surface area contributed by atoms with Gasteiger partial charge in [0.1, 0.15) is 5.58 Å². The first-order valence-electron chi connectivity index (χ1n) is 6.95. The SMILES string of the molecule is Cc1c(C(=O)NCC2(C(=O)O)CC2)oc2c(C)cccc12. The van der Waals surface area contributed by atoms with Gasteiger partial charge in [0.2, 0.25) is 0 Å². The minimum atomic E-state index is -0.847. The van der Waals surface area contributed by atoms with Crippen molar-refractivity contribution in [1.29, 1.82) is 0 Å². The van der Waals surface area contributed by atoms with Crippen molar-refractivity contribution < 1.29 is 19.1 Å². The van der Waals surface area contributed by atoms with E-state index < -0.39 is 11.4 Å². The van der Waals surface area contributed by atoms with E-state index in [1.165, 1.54) is 0 Å². The number of carboxylic acids is 1. The largest absolute Gasteiger partial charge is 0.481 e. The summed E-state index contributed by atoms with van der Waals surface area (Å²) in [5, 5.41) is 12.7. The number of rotatable bonds is 4. The number of hydrogen-bond donors (Lipinski definition) is 2. The Labute approximate surface area is 121 Å². The van der Waals surface area contributed by atoms with E-state index in [1.807, 2.05) is 32.0 Å². The van der Waals surface area contributed by atoms with Crippen molar-refractivity contribution in [3.05, 3.63) is 35.1 Å². The lowest BCUT2D eigenvalue weighted by Gasteiger charge is -2.10. The maximum absolute atomic E-state index is 12.2. The molecule has 0 bridgehead atoms. The number of fused-ring (bicyclic) bond motifs is 1. The number of aliphatic carboxylic acids is 1. The summed E-state index contributed by atoms with van der Waals surface area (Å²) >= 11 is 0. The molecule has 2 N–H and O–H groups in total. The highest BCUT2D eigenvalue weighted by atomic mass is 16.4. The number of para-hydroxylation sites is 1. The highest BCUT2D eigenvalue weighted by Crippen LogP contribution is 2.45. The van der Waals surface area contributed by atoms with Crippen molar-refractivity contribution in [2.45, 2.75) is 26.7 Å². The fourth-order valence-corrected chi connectivity index (χ4v) is 2.55. The fourth-order valence-electron chi connectivity index (χ4n) is 2.55. The summed E-state index contributed by atoms with van der Waals surface area (Å²) in [4.78, 5) is 23.4. The molecule has 1 aromatic carbocycles. The lowest BCUT2D eigenvalue weighted by molar-refractivity contribution is -0.143. The van der Waals surface area contributed by atoms with Gasteiger partial charge in [0.05, 0.1) is 5.41 Å². The van der Waals surface area contributed by atoms with E-state index in [0.717, 1.165) is 16.5 Å². The molecular formula is C16H17NO4. The minimum Gasteiger partial charge on any atom is -0.481 e. The second-order valence-corrected chi connectivity index (χ2v) is 5.78. The third-order valence-electron chi connectivity index (χ3n) is 4.26. The van der Waals surface area contributed by atoms with Gasteiger partial charge in [0.25, 0.3) is 5.91 Å². The van der Waals surface area contributed by atoms with Crippen LogP contribution in [0.3, 0.4) is 0 Å². The van der Waals surface area contributed by atoms with Crippen LogP contribution < -0.4 is 5.32 Å². The zero-order valence-electron chi connectivity index (χ0n) is 12.0. The molecule has 1 aliphatic carbocycles. The Morgan fingerprint density at radius 3 is 2.62 bits per heavy atom. The van der Waals surface area contributed by atoms with Gasteiger partial charge in [0.15, 0.2) is 5.76 Å². The van der Waals surface area contributed by atoms with Gasteiger partial charge in [-0.25, -0.2) is 0 Å². The average Bonchev–Trinajstić information content (AvgIpc) is 3.17. The first kappa shape index (κ1) is 13.7. The molecule has 3 rings (SSSR count). The summed E-state index contributed by atoms with van der Waals surface area (Å²) in [7, 11) is 0. The van der Waals surface area contributed by atoms with Crippen LogP contribution in [0.2, 0.25) is 0 Å². The molecule has 1 heterocycles. The molecule has 1 saturated carbocycles. The molecule has 1 aromatic heterocycles. The summed E-state index contributed by atoms with van der Waals surface area (Å²) in [6.07, 6.45) is 1.22. The van der Waals surface area contributed by atoms with Crippen molar-refractivity contribution >= 4 is 22.8 Å². The molecule has 5 heteroatoms. The molecule has 0 spiro atoms. The third kappa shape index (κ3) is 2.18. The number of carbonyl (C=O) groups is 2. The first-order chi connectivity index (χ1) is 9.94. The Bertz CT molecular complexity index is 740. The van der Waals surface area contributed by atoms with Gasteiger partial charge < -0.3 is 14.8 Å². The Morgan fingerprint density at radius 2 is 2.05 bits per heavy atom. The Hall–Kier alpha value is -2.30. The average molecular weight is 287 g/mol. The summed E-state index contributed by atoms with van der Waals surface area (Å²) in [6.45, 7) is 3.91. The number of hydrogen-bond acceptors (Lipinski definition) is 3. The highest BCUT2D eigenvalue weighted by Gasteiger charge is 2.50. The van der Waals surface area contributed by atoms with E-state index in [1.54, 1.807) is 0 Å². The number of carboxylic acid groups (broad SMARTS) is 1. The number of carbonyl (C=O) groups excluding carboxylic acids is 1. The number of nitrogens with one attached hydrogen (secondary N) is 1. The van der Waals surface area contributed by atoms with E-state index in [0.29, 0.717) is 18.4 Å². The molecule has 0 saturated heterocycles. The van der Waals surface area contributed by atoms with Crippen LogP contribution in [0.4, 0.5) is 0 Å². The predicted octanol–water partition coefficient (Wildman–Crippen LogP) is 2.64. The second-order valence-electron chi connectivity index (χ2n) is 5.78. The summed E-state index contributed by atoms with van der Waals surface area (Å²) in [5.41, 5.74) is 1.69. The van der Waals surface area contributed by atoms with Crippen LogP contribution >= 0.6 is 0 Å². The third-order valence-corrected chi connectivity index (χ3v) is 4.26. The van der Waals surface area contributed by atoms with Crippen LogP contribution in [0.15, 0.2) is 22.6 Å². The van der Waals surface area contributed by atoms with Crippen molar-refractivity contribution in [2.75, 3.05) is 6.54 Å². The van der Waals surface area contributed by atoms with Crippen LogP contribution in [0, 0.1) is 19.3 Å². The Kier molecular flexibility index (Phi) is 3.01. The van der Waals surface area contributed by atoms with Crippen molar-refractivity contribution in [2.24, 2.45) is 5.41 Å². The molecule has 5 nitrogen and oxygen atoms in total. The zero-order valence-corrected chi connectivity index (χ0v) is 12.0. The molecule has 1 aliphatic rings. The van der Waals surface area contributed by atoms with Crippen LogP contribution in [0.1, 0.15) is 34.5 Å². The van der Waals surface area contributed by atoms with Gasteiger partial charge in [0, 0.05) is 17.5 Å². The van der Waals surface area contributed by atoms with Crippen molar-refractivity contribution in [3.63, 3.8) is 0 Å². The fraction of sp³-hybridized carbons (Fsp3) is 0.375. The molecule has 0 unspecified atom stereocenters. The van der Waals surface area contributed by atoms with Gasteiger partial charge in [-0.3, -0.25) is 9.59 Å². The monoisotopic (exact) mass is 287 g/mol. The summed E-state index contributed by atoms with van der Waals surface area (Å²) < 4.78 is 5.68. The van der Waals surface area contributed by atoms with Crippen molar-refractivity contribution in [1.82, 2.24) is 5.32 Å². The normalized spacial score (nSPS) is 15.9. The predicted molar refractivity (Wildman–Crippen MR) is 77.3 cm³/mol. The smallest absolute Gasteiger partial charge is 0.311 e. The van der Waals surface area contributed by atoms with E-state index in [9.17, 15) is 9.59 Å². The molecule has 0 radical (unpaired) electrons. The van der Waals surface area contributed by atoms with E-state index in [2.05, 4.69) is 5.32 Å². The van der Waals surface area contributed by atoms with Crippen LogP contribution in [0.5, 0.6) is 0 Å². The maximum atomic E-state index is 12.2. The molecule has 21 heavy (non-hydrogen) atoms. The zero-order chi connectivity index (χ0) is 15.2. The minimum absolute atomic E-state index is 0.149. The summed E-state index contributed by atoms with van der Waals surface area (Å²) in [6, 6.07) is 5.76. The lowest BCUT2D eigenvalue weighted by atomic mass is 10.1. The Balaban J connectivity index is 1.84. The van der Waals surface area contributed by atoms with Gasteiger partial charge in [-0.1, -0.05) is 18.2 Å². The van der Waals surface area contributed by atoms with Crippen LogP contribution in [-0.4, -0.2) is 23.5 Å². The van der Waals surface area contributed by atoms with E-state index >= 15 is 0 Å². The van der Waals surface area contributed by atoms with Gasteiger partial charge in [-0.2, -0.15) is 0 Å². The molecule has 1 amide bonds. The van der Waals surface area contributed by atoms with Crippen LogP contribution in [0.25, 0.3) is 11.0 Å². The highest BCUT2D eigenvalue weighted by molar-refractivity contribution is 5.99. The molecule has 1 fully saturated rings. The van der Waals surface area contributed by atoms with Gasteiger partial charge >= 0.3 is 5.97 Å². The van der Waals surface area contributed by atoms with E-state index in [-0.39, 0.29) is 18.2 Å². The van der Waals surface area contributed by atoms with Crippen molar-refractivity contribution in [3.8, 4) is 0 Å². The number of furan rings is 1. The standard InChI is InChI=1S/C16H17NO4/c1-9-4-3-5-11-10(2)13(21-12(9)11)14(18)17-8-16(6-7-16)15(19)20/h3-5H,6-8H2,1-2H3,(H,17,18)(H,19,20). The first-order valence-corrected chi connectivity index (χ1v) is 6.95. The lowest BCUT2D eigenvalue weighted by Crippen LogP contribution is -2.34. The summed E-state index contributed by atoms with van der Waals surface area (Å²) in [5.74, 6) is -0.934. The van der Waals surface area contributed by atoms with Crippen LogP contribution in [-0.2, 0) is 4.79 Å². The molecular weight excluding hydrogens is 270 g/mol. The topological polar surface area (TPSA) is 79.5 Å². The maximum Gasteiger partial charge on any atom is 0.311 e. The molecule has 0 atom stereocenters. The Morgan fingerprint density at radius 1 is 1.33 bits per heavy atom. The van der Waals surface area contributed by atoms with E-state index in [4.69, 9.17) is 9.52 Å². The molecule has 0 aliphatic heterocycles. The second kappa shape index (κ2) is 4.62. The molecule has 2 aromatic rings.